The van der Waals surface area contributed by atoms with Gasteiger partial charge in [0.05, 0.1) is 13.1 Å². The van der Waals surface area contributed by atoms with Crippen molar-refractivity contribution in [2.75, 3.05) is 13.1 Å². The first-order valence-corrected chi connectivity index (χ1v) is 7.00. The van der Waals surface area contributed by atoms with Gasteiger partial charge in [-0.05, 0) is 17.7 Å². The highest BCUT2D eigenvalue weighted by molar-refractivity contribution is 5.87. The highest BCUT2D eigenvalue weighted by atomic mass is 16.5. The molecular formula is C18H17NO2. The van der Waals surface area contributed by atoms with Crippen LogP contribution in [-0.4, -0.2) is 30.0 Å². The van der Waals surface area contributed by atoms with Gasteiger partial charge in [0.2, 0.25) is 5.91 Å². The van der Waals surface area contributed by atoms with E-state index in [0.717, 1.165) is 16.9 Å². The van der Waals surface area contributed by atoms with Crippen LogP contribution in [0.4, 0.5) is 0 Å². The number of benzene rings is 2. The fourth-order valence-electron chi connectivity index (χ4n) is 2.43. The van der Waals surface area contributed by atoms with E-state index < -0.39 is 0 Å². The van der Waals surface area contributed by atoms with Crippen molar-refractivity contribution in [3.8, 4) is 16.9 Å². The number of carbonyl (C=O) groups is 1. The van der Waals surface area contributed by atoms with Crippen LogP contribution in [0.1, 0.15) is 0 Å². The number of hydrogen-bond donors (Lipinski definition) is 0. The molecule has 3 rings (SSSR count). The molecule has 0 N–H and O–H groups in total. The summed E-state index contributed by atoms with van der Waals surface area (Å²) in [7, 11) is 0. The van der Waals surface area contributed by atoms with E-state index in [2.05, 4.69) is 24.8 Å². The van der Waals surface area contributed by atoms with Gasteiger partial charge in [0.25, 0.3) is 0 Å². The van der Waals surface area contributed by atoms with Gasteiger partial charge >= 0.3 is 0 Å². The predicted molar refractivity (Wildman–Crippen MR) is 83.1 cm³/mol. The Bertz CT molecular complexity index is 645. The third-order valence-electron chi connectivity index (χ3n) is 3.60. The second-order valence-corrected chi connectivity index (χ2v) is 5.05. The average Bonchev–Trinajstić information content (AvgIpc) is 2.51. The lowest BCUT2D eigenvalue weighted by molar-refractivity contribution is -0.134. The Morgan fingerprint density at radius 3 is 2.48 bits per heavy atom. The molecule has 1 heterocycles. The molecule has 0 unspecified atom stereocenters. The van der Waals surface area contributed by atoms with Crippen molar-refractivity contribution >= 4 is 5.91 Å². The molecule has 1 amide bonds. The molecule has 1 fully saturated rings. The summed E-state index contributed by atoms with van der Waals surface area (Å²) in [5.41, 5.74) is 2.21. The number of amides is 1. The fraction of sp³-hybridized carbons (Fsp3) is 0.167. The Balaban J connectivity index is 1.73. The quantitative estimate of drug-likeness (QED) is 0.805. The molecule has 2 aromatic rings. The van der Waals surface area contributed by atoms with E-state index in [-0.39, 0.29) is 12.0 Å². The van der Waals surface area contributed by atoms with Crippen molar-refractivity contribution in [1.82, 2.24) is 4.90 Å². The maximum absolute atomic E-state index is 11.4. The van der Waals surface area contributed by atoms with Crippen molar-refractivity contribution in [3.63, 3.8) is 0 Å². The molecule has 0 aliphatic carbocycles. The van der Waals surface area contributed by atoms with Crippen LogP contribution in [0.2, 0.25) is 0 Å². The molecular weight excluding hydrogens is 262 g/mol. The van der Waals surface area contributed by atoms with Crippen LogP contribution in [0, 0.1) is 0 Å². The van der Waals surface area contributed by atoms with E-state index in [1.165, 1.54) is 6.08 Å². The summed E-state index contributed by atoms with van der Waals surface area (Å²) < 4.78 is 6.03. The molecule has 21 heavy (non-hydrogen) atoms. The SMILES string of the molecule is C=CC(=O)N1CC(Oc2ccccc2-c2ccccc2)C1. The summed E-state index contributed by atoms with van der Waals surface area (Å²) >= 11 is 0. The molecule has 0 atom stereocenters. The van der Waals surface area contributed by atoms with E-state index in [9.17, 15) is 4.79 Å². The number of rotatable bonds is 4. The van der Waals surface area contributed by atoms with Crippen LogP contribution in [0.5, 0.6) is 5.75 Å². The molecule has 0 aromatic heterocycles. The molecule has 0 saturated carbocycles. The van der Waals surface area contributed by atoms with Crippen LogP contribution in [-0.2, 0) is 4.79 Å². The monoisotopic (exact) mass is 279 g/mol. The maximum atomic E-state index is 11.4. The fourth-order valence-corrected chi connectivity index (χ4v) is 2.43. The van der Waals surface area contributed by atoms with Crippen LogP contribution < -0.4 is 4.74 Å². The van der Waals surface area contributed by atoms with Gasteiger partial charge < -0.3 is 9.64 Å². The smallest absolute Gasteiger partial charge is 0.246 e. The highest BCUT2D eigenvalue weighted by Crippen LogP contribution is 2.31. The molecule has 1 aliphatic rings. The van der Waals surface area contributed by atoms with Gasteiger partial charge in [0.15, 0.2) is 0 Å². The molecule has 106 valence electrons. The summed E-state index contributed by atoms with van der Waals surface area (Å²) in [6.07, 6.45) is 1.40. The summed E-state index contributed by atoms with van der Waals surface area (Å²) in [6.45, 7) is 4.73. The van der Waals surface area contributed by atoms with E-state index in [1.807, 2.05) is 36.4 Å². The van der Waals surface area contributed by atoms with E-state index in [4.69, 9.17) is 4.74 Å². The zero-order valence-corrected chi connectivity index (χ0v) is 11.7. The van der Waals surface area contributed by atoms with Crippen molar-refractivity contribution < 1.29 is 9.53 Å². The van der Waals surface area contributed by atoms with Crippen LogP contribution in [0.25, 0.3) is 11.1 Å². The van der Waals surface area contributed by atoms with Crippen molar-refractivity contribution in [2.24, 2.45) is 0 Å². The second-order valence-electron chi connectivity index (χ2n) is 5.05. The largest absolute Gasteiger partial charge is 0.486 e. The molecule has 2 aromatic carbocycles. The Morgan fingerprint density at radius 2 is 1.76 bits per heavy atom. The minimum absolute atomic E-state index is 0.0359. The zero-order valence-electron chi connectivity index (χ0n) is 11.7. The summed E-state index contributed by atoms with van der Waals surface area (Å²) in [5.74, 6) is 0.825. The van der Waals surface area contributed by atoms with E-state index in [0.29, 0.717) is 13.1 Å². The number of para-hydroxylation sites is 1. The number of carbonyl (C=O) groups excluding carboxylic acids is 1. The Kier molecular flexibility index (Phi) is 3.73. The van der Waals surface area contributed by atoms with E-state index >= 15 is 0 Å². The number of hydrogen-bond acceptors (Lipinski definition) is 2. The van der Waals surface area contributed by atoms with Gasteiger partial charge in [0.1, 0.15) is 11.9 Å². The van der Waals surface area contributed by atoms with Crippen molar-refractivity contribution in [3.05, 3.63) is 67.3 Å². The third-order valence-corrected chi connectivity index (χ3v) is 3.60. The lowest BCUT2D eigenvalue weighted by Crippen LogP contribution is -2.55. The first-order valence-electron chi connectivity index (χ1n) is 7.00. The lowest BCUT2D eigenvalue weighted by Gasteiger charge is -2.38. The summed E-state index contributed by atoms with van der Waals surface area (Å²) in [4.78, 5) is 13.2. The molecule has 1 aliphatic heterocycles. The first kappa shape index (κ1) is 13.4. The van der Waals surface area contributed by atoms with Gasteiger partial charge in [-0.2, -0.15) is 0 Å². The number of likely N-dealkylation sites (tertiary alicyclic amines) is 1. The lowest BCUT2D eigenvalue weighted by atomic mass is 10.0. The molecule has 3 heteroatoms. The number of ether oxygens (including phenoxy) is 1. The second kappa shape index (κ2) is 5.83. The van der Waals surface area contributed by atoms with Crippen LogP contribution in [0.15, 0.2) is 67.3 Å². The molecule has 3 nitrogen and oxygen atoms in total. The standard InChI is InChI=1S/C18H17NO2/c1-2-18(20)19-12-15(13-19)21-17-11-7-6-10-16(17)14-8-4-3-5-9-14/h2-11,15H,1,12-13H2. The van der Waals surface area contributed by atoms with Gasteiger partial charge in [-0.1, -0.05) is 55.1 Å². The minimum atomic E-state index is -0.0359. The van der Waals surface area contributed by atoms with Gasteiger partial charge in [-0.15, -0.1) is 0 Å². The highest BCUT2D eigenvalue weighted by Gasteiger charge is 2.31. The van der Waals surface area contributed by atoms with E-state index in [1.54, 1.807) is 4.90 Å². The Morgan fingerprint density at radius 1 is 1.10 bits per heavy atom. The van der Waals surface area contributed by atoms with Crippen molar-refractivity contribution in [1.29, 1.82) is 0 Å². The third kappa shape index (κ3) is 2.82. The van der Waals surface area contributed by atoms with Gasteiger partial charge in [-0.3, -0.25) is 4.79 Å². The van der Waals surface area contributed by atoms with Gasteiger partial charge in [0, 0.05) is 5.56 Å². The van der Waals surface area contributed by atoms with Crippen LogP contribution >= 0.6 is 0 Å². The minimum Gasteiger partial charge on any atom is -0.486 e. The zero-order chi connectivity index (χ0) is 14.7. The topological polar surface area (TPSA) is 29.5 Å². The Labute approximate surface area is 124 Å². The van der Waals surface area contributed by atoms with Gasteiger partial charge in [-0.25, -0.2) is 0 Å². The summed E-state index contributed by atoms with van der Waals surface area (Å²) in [6, 6.07) is 18.2. The first-order chi connectivity index (χ1) is 10.3. The van der Waals surface area contributed by atoms with Crippen LogP contribution in [0.3, 0.4) is 0 Å². The summed E-state index contributed by atoms with van der Waals surface area (Å²) in [5, 5.41) is 0. The predicted octanol–water partition coefficient (Wildman–Crippen LogP) is 3.13. The Hall–Kier alpha value is -2.55. The molecule has 0 bridgehead atoms. The molecule has 0 spiro atoms. The molecule has 1 saturated heterocycles. The maximum Gasteiger partial charge on any atom is 0.246 e. The molecule has 0 radical (unpaired) electrons. The average molecular weight is 279 g/mol. The van der Waals surface area contributed by atoms with Crippen molar-refractivity contribution in [2.45, 2.75) is 6.10 Å². The normalized spacial score (nSPS) is 14.4. The number of nitrogens with zero attached hydrogens (tertiary/aromatic N) is 1.